The van der Waals surface area contributed by atoms with Gasteiger partial charge in [0.1, 0.15) is 12.1 Å². The zero-order valence-electron chi connectivity index (χ0n) is 8.36. The average Bonchev–Trinajstić information content (AvgIpc) is 2.25. The molecule has 82 valence electrons. The van der Waals surface area contributed by atoms with Crippen LogP contribution < -0.4 is 5.32 Å². The van der Waals surface area contributed by atoms with E-state index in [4.69, 9.17) is 15.3 Å². The summed E-state index contributed by atoms with van der Waals surface area (Å²) in [4.78, 5) is 12.9. The third kappa shape index (κ3) is 1.62. The summed E-state index contributed by atoms with van der Waals surface area (Å²) in [7, 11) is 0. The molecular weight excluding hydrogens is 198 g/mol. The summed E-state index contributed by atoms with van der Waals surface area (Å²) in [6.07, 6.45) is 1.16. The number of hydrogen-bond donors (Lipinski definition) is 3. The lowest BCUT2D eigenvalue weighted by Gasteiger charge is -2.40. The largest absolute Gasteiger partial charge is 0.392 e. The maximum absolute atomic E-state index is 11.5. The number of hydrogen-bond acceptors (Lipinski definition) is 4. The Morgan fingerprint density at radius 1 is 1.80 bits per heavy atom. The van der Waals surface area contributed by atoms with Gasteiger partial charge in [-0.05, 0) is 5.57 Å². The molecule has 6 nitrogen and oxygen atoms in total. The Morgan fingerprint density at radius 3 is 3.20 bits per heavy atom. The molecule has 15 heavy (non-hydrogen) atoms. The lowest BCUT2D eigenvalue weighted by Crippen LogP contribution is -2.59. The van der Waals surface area contributed by atoms with Crippen LogP contribution in [0.3, 0.4) is 0 Å². The number of nitrogens with zero attached hydrogens (tertiary/aromatic N) is 1. The highest BCUT2D eigenvalue weighted by Gasteiger charge is 2.38. The van der Waals surface area contributed by atoms with Crippen molar-refractivity contribution in [1.82, 2.24) is 10.2 Å². The van der Waals surface area contributed by atoms with E-state index in [0.717, 1.165) is 0 Å². The number of nitrogens with one attached hydrogen (secondary N) is 2. The molecule has 0 aromatic rings. The topological polar surface area (TPSA) is 85.7 Å². The molecule has 1 fully saturated rings. The standard InChI is InChI=1S/C9H13N3O3/c1-5-7(10)11-9(14)12-2-6(3-13)4-15-8(5)12/h2,5,8,13H,3-4H2,1H3,(H2,10,11,14). The number of amides is 2. The molecule has 2 unspecified atom stereocenters. The number of rotatable bonds is 1. The number of carbonyl (C=O) groups is 1. The smallest absolute Gasteiger partial charge is 0.328 e. The van der Waals surface area contributed by atoms with Gasteiger partial charge in [-0.25, -0.2) is 4.79 Å². The third-order valence-corrected chi connectivity index (χ3v) is 2.60. The average molecular weight is 211 g/mol. The van der Waals surface area contributed by atoms with E-state index in [0.29, 0.717) is 12.2 Å². The quantitative estimate of drug-likeness (QED) is 0.564. The Hall–Kier alpha value is -1.40. The van der Waals surface area contributed by atoms with E-state index in [2.05, 4.69) is 5.32 Å². The van der Waals surface area contributed by atoms with Crippen LogP contribution in [0.2, 0.25) is 0 Å². The fourth-order valence-electron chi connectivity index (χ4n) is 1.66. The van der Waals surface area contributed by atoms with Gasteiger partial charge in [0, 0.05) is 6.20 Å². The second kappa shape index (κ2) is 3.63. The number of amidine groups is 1. The molecule has 0 aromatic carbocycles. The fraction of sp³-hybridized carbons (Fsp3) is 0.556. The molecule has 3 N–H and O–H groups in total. The van der Waals surface area contributed by atoms with Gasteiger partial charge in [-0.2, -0.15) is 0 Å². The normalized spacial score (nSPS) is 30.8. The Bertz CT molecular complexity index is 339. The summed E-state index contributed by atoms with van der Waals surface area (Å²) < 4.78 is 5.43. The Balaban J connectivity index is 2.26. The van der Waals surface area contributed by atoms with Gasteiger partial charge in [0.05, 0.1) is 19.1 Å². The molecule has 0 bridgehead atoms. The van der Waals surface area contributed by atoms with Crippen molar-refractivity contribution in [2.75, 3.05) is 13.2 Å². The molecule has 2 rings (SSSR count). The highest BCUT2D eigenvalue weighted by atomic mass is 16.5. The predicted octanol–water partition coefficient (Wildman–Crippen LogP) is -0.143. The van der Waals surface area contributed by atoms with Crippen molar-refractivity contribution in [3.05, 3.63) is 11.8 Å². The second-order valence-corrected chi connectivity index (χ2v) is 3.69. The van der Waals surface area contributed by atoms with Gasteiger partial charge >= 0.3 is 6.03 Å². The first-order valence-corrected chi connectivity index (χ1v) is 4.73. The molecule has 2 heterocycles. The van der Waals surface area contributed by atoms with Crippen LogP contribution >= 0.6 is 0 Å². The zero-order chi connectivity index (χ0) is 11.0. The van der Waals surface area contributed by atoms with E-state index in [1.165, 1.54) is 4.90 Å². The van der Waals surface area contributed by atoms with E-state index in [9.17, 15) is 4.79 Å². The maximum atomic E-state index is 11.5. The van der Waals surface area contributed by atoms with Crippen molar-refractivity contribution in [3.8, 4) is 0 Å². The minimum absolute atomic E-state index is 0.123. The van der Waals surface area contributed by atoms with Crippen LogP contribution in [0.25, 0.3) is 0 Å². The van der Waals surface area contributed by atoms with Crippen LogP contribution in [-0.2, 0) is 4.74 Å². The SMILES string of the molecule is CC1C(=N)NC(=O)N2C=C(CO)COC12. The minimum Gasteiger partial charge on any atom is -0.392 e. The number of aliphatic hydroxyl groups excluding tert-OH is 1. The summed E-state index contributed by atoms with van der Waals surface area (Å²) in [6.45, 7) is 2.00. The van der Waals surface area contributed by atoms with E-state index in [1.54, 1.807) is 6.20 Å². The summed E-state index contributed by atoms with van der Waals surface area (Å²) >= 11 is 0. The van der Waals surface area contributed by atoms with E-state index in [1.807, 2.05) is 6.92 Å². The minimum atomic E-state index is -0.429. The molecular formula is C9H13N3O3. The number of carbonyl (C=O) groups excluding carboxylic acids is 1. The Morgan fingerprint density at radius 2 is 2.53 bits per heavy atom. The van der Waals surface area contributed by atoms with Crippen LogP contribution in [0.15, 0.2) is 11.8 Å². The van der Waals surface area contributed by atoms with Crippen molar-refractivity contribution in [2.24, 2.45) is 5.92 Å². The van der Waals surface area contributed by atoms with Crippen LogP contribution in [0.1, 0.15) is 6.92 Å². The number of fused-ring (bicyclic) bond motifs is 1. The Labute approximate surface area is 87.0 Å². The molecule has 1 saturated heterocycles. The van der Waals surface area contributed by atoms with Crippen LogP contribution in [-0.4, -0.2) is 41.3 Å². The van der Waals surface area contributed by atoms with Crippen molar-refractivity contribution >= 4 is 11.9 Å². The molecule has 0 saturated carbocycles. The number of aliphatic hydroxyl groups is 1. The highest BCUT2D eigenvalue weighted by Crippen LogP contribution is 2.23. The molecule has 0 aromatic heterocycles. The fourth-order valence-corrected chi connectivity index (χ4v) is 1.66. The molecule has 0 spiro atoms. The van der Waals surface area contributed by atoms with E-state index in [-0.39, 0.29) is 24.4 Å². The highest BCUT2D eigenvalue weighted by molar-refractivity contribution is 6.00. The third-order valence-electron chi connectivity index (χ3n) is 2.60. The van der Waals surface area contributed by atoms with Gasteiger partial charge < -0.3 is 9.84 Å². The lowest BCUT2D eigenvalue weighted by molar-refractivity contribution is -0.0472. The molecule has 2 aliphatic rings. The summed E-state index contributed by atoms with van der Waals surface area (Å²) in [5.41, 5.74) is 0.655. The van der Waals surface area contributed by atoms with Crippen LogP contribution in [0, 0.1) is 11.3 Å². The molecule has 0 radical (unpaired) electrons. The van der Waals surface area contributed by atoms with Crippen molar-refractivity contribution in [3.63, 3.8) is 0 Å². The number of ether oxygens (including phenoxy) is 1. The molecule has 6 heteroatoms. The van der Waals surface area contributed by atoms with Gasteiger partial charge in [0.25, 0.3) is 0 Å². The van der Waals surface area contributed by atoms with Crippen LogP contribution in [0.4, 0.5) is 4.79 Å². The molecule has 2 amide bonds. The van der Waals surface area contributed by atoms with E-state index < -0.39 is 6.23 Å². The summed E-state index contributed by atoms with van der Waals surface area (Å²) in [5.74, 6) is -0.0127. The predicted molar refractivity (Wildman–Crippen MR) is 52.2 cm³/mol. The maximum Gasteiger partial charge on any atom is 0.328 e. The number of urea groups is 1. The van der Waals surface area contributed by atoms with Gasteiger partial charge in [0.2, 0.25) is 0 Å². The van der Waals surface area contributed by atoms with Gasteiger partial charge in [-0.15, -0.1) is 0 Å². The first-order valence-electron chi connectivity index (χ1n) is 4.73. The Kier molecular flexibility index (Phi) is 2.45. The lowest BCUT2D eigenvalue weighted by atomic mass is 10.0. The van der Waals surface area contributed by atoms with Crippen molar-refractivity contribution < 1.29 is 14.6 Å². The molecule has 2 aliphatic heterocycles. The van der Waals surface area contributed by atoms with Gasteiger partial charge in [-0.3, -0.25) is 15.6 Å². The zero-order valence-corrected chi connectivity index (χ0v) is 8.36. The van der Waals surface area contributed by atoms with E-state index >= 15 is 0 Å². The van der Waals surface area contributed by atoms with Crippen molar-refractivity contribution in [2.45, 2.75) is 13.2 Å². The monoisotopic (exact) mass is 211 g/mol. The molecule has 0 aliphatic carbocycles. The van der Waals surface area contributed by atoms with Crippen LogP contribution in [0.5, 0.6) is 0 Å². The second-order valence-electron chi connectivity index (χ2n) is 3.69. The first kappa shape index (κ1) is 10.1. The van der Waals surface area contributed by atoms with Crippen molar-refractivity contribution in [1.29, 1.82) is 5.41 Å². The summed E-state index contributed by atoms with van der Waals surface area (Å²) in [6, 6.07) is -0.381. The first-order chi connectivity index (χ1) is 7.13. The van der Waals surface area contributed by atoms with Gasteiger partial charge in [0.15, 0.2) is 0 Å². The summed E-state index contributed by atoms with van der Waals surface area (Å²) in [5, 5.41) is 18.9. The molecule has 2 atom stereocenters. The van der Waals surface area contributed by atoms with Gasteiger partial charge in [-0.1, -0.05) is 6.92 Å².